The van der Waals surface area contributed by atoms with E-state index < -0.39 is 15.8 Å². The molecule has 0 aromatic heterocycles. The molecule has 2 rings (SSSR count). The predicted octanol–water partition coefficient (Wildman–Crippen LogP) is 1.75. The normalized spacial score (nSPS) is 23.7. The molecule has 1 saturated carbocycles. The SMILES string of the molecule is CC1CCC(NS(=O)(=O)c2cccc(F)c2CN)C1. The van der Waals surface area contributed by atoms with Gasteiger partial charge in [0.05, 0.1) is 4.90 Å². The average molecular weight is 286 g/mol. The second kappa shape index (κ2) is 5.56. The molecule has 1 aromatic rings. The molecule has 0 heterocycles. The maximum absolute atomic E-state index is 13.6. The smallest absolute Gasteiger partial charge is 0.241 e. The van der Waals surface area contributed by atoms with Gasteiger partial charge in [-0.3, -0.25) is 0 Å². The van der Waals surface area contributed by atoms with Crippen molar-refractivity contribution in [2.45, 2.75) is 43.7 Å². The number of hydrogen-bond acceptors (Lipinski definition) is 3. The Balaban J connectivity index is 2.27. The Morgan fingerprint density at radius 1 is 1.42 bits per heavy atom. The number of halogens is 1. The molecule has 106 valence electrons. The van der Waals surface area contributed by atoms with Crippen molar-refractivity contribution in [1.82, 2.24) is 4.72 Å². The van der Waals surface area contributed by atoms with Crippen molar-refractivity contribution in [3.05, 3.63) is 29.6 Å². The van der Waals surface area contributed by atoms with Crippen LogP contribution in [0.4, 0.5) is 4.39 Å². The second-order valence-corrected chi connectivity index (χ2v) is 6.84. The molecule has 1 fully saturated rings. The second-order valence-electron chi connectivity index (χ2n) is 5.16. The first-order valence-electron chi connectivity index (χ1n) is 6.44. The minimum Gasteiger partial charge on any atom is -0.326 e. The summed E-state index contributed by atoms with van der Waals surface area (Å²) in [6.45, 7) is 1.96. The van der Waals surface area contributed by atoms with Crippen molar-refractivity contribution in [2.75, 3.05) is 0 Å². The summed E-state index contributed by atoms with van der Waals surface area (Å²) in [5.41, 5.74) is 5.49. The molecule has 19 heavy (non-hydrogen) atoms. The van der Waals surface area contributed by atoms with Crippen LogP contribution in [0.5, 0.6) is 0 Å². The van der Waals surface area contributed by atoms with Gasteiger partial charge in [0.25, 0.3) is 0 Å². The number of benzene rings is 1. The van der Waals surface area contributed by atoms with E-state index in [0.717, 1.165) is 19.3 Å². The minimum absolute atomic E-state index is 0.0426. The van der Waals surface area contributed by atoms with E-state index in [9.17, 15) is 12.8 Å². The van der Waals surface area contributed by atoms with Crippen LogP contribution in [0.3, 0.4) is 0 Å². The summed E-state index contributed by atoms with van der Waals surface area (Å²) in [5, 5.41) is 0. The van der Waals surface area contributed by atoms with E-state index in [1.807, 2.05) is 0 Å². The summed E-state index contributed by atoms with van der Waals surface area (Å²) < 4.78 is 40.8. The topological polar surface area (TPSA) is 72.2 Å². The van der Waals surface area contributed by atoms with E-state index in [4.69, 9.17) is 5.73 Å². The first kappa shape index (κ1) is 14.4. The molecule has 0 spiro atoms. The molecule has 1 aromatic carbocycles. The first-order valence-corrected chi connectivity index (χ1v) is 7.92. The van der Waals surface area contributed by atoms with E-state index in [2.05, 4.69) is 11.6 Å². The molecule has 2 atom stereocenters. The quantitative estimate of drug-likeness (QED) is 0.885. The maximum atomic E-state index is 13.6. The lowest BCUT2D eigenvalue weighted by Gasteiger charge is -2.15. The van der Waals surface area contributed by atoms with Gasteiger partial charge in [0.15, 0.2) is 0 Å². The molecular formula is C13H19FN2O2S. The number of nitrogens with two attached hydrogens (primary N) is 1. The summed E-state index contributed by atoms with van der Waals surface area (Å²) in [7, 11) is -3.70. The first-order chi connectivity index (χ1) is 8.94. The van der Waals surface area contributed by atoms with E-state index >= 15 is 0 Å². The largest absolute Gasteiger partial charge is 0.326 e. The average Bonchev–Trinajstić information content (AvgIpc) is 2.73. The van der Waals surface area contributed by atoms with Crippen molar-refractivity contribution >= 4 is 10.0 Å². The highest BCUT2D eigenvalue weighted by atomic mass is 32.2. The van der Waals surface area contributed by atoms with Gasteiger partial charge in [-0.25, -0.2) is 17.5 Å². The third kappa shape index (κ3) is 3.13. The van der Waals surface area contributed by atoms with Crippen molar-refractivity contribution < 1.29 is 12.8 Å². The van der Waals surface area contributed by atoms with Gasteiger partial charge in [0.1, 0.15) is 5.82 Å². The molecule has 0 radical (unpaired) electrons. The summed E-state index contributed by atoms with van der Waals surface area (Å²) in [5.74, 6) is -0.0562. The van der Waals surface area contributed by atoms with Gasteiger partial charge < -0.3 is 5.73 Å². The summed E-state index contributed by atoms with van der Waals surface area (Å²) in [6.07, 6.45) is 2.67. The number of nitrogens with one attached hydrogen (secondary N) is 1. The van der Waals surface area contributed by atoms with Crippen LogP contribution in [0.25, 0.3) is 0 Å². The predicted molar refractivity (Wildman–Crippen MR) is 71.4 cm³/mol. The molecule has 1 aliphatic rings. The van der Waals surface area contributed by atoms with Gasteiger partial charge >= 0.3 is 0 Å². The lowest BCUT2D eigenvalue weighted by molar-refractivity contribution is 0.535. The van der Waals surface area contributed by atoms with Crippen molar-refractivity contribution in [1.29, 1.82) is 0 Å². The number of sulfonamides is 1. The Bertz CT molecular complexity index is 560. The fourth-order valence-electron chi connectivity index (χ4n) is 2.59. The fourth-order valence-corrected chi connectivity index (χ4v) is 4.13. The molecule has 0 aliphatic heterocycles. The molecule has 6 heteroatoms. The van der Waals surface area contributed by atoms with E-state index in [1.54, 1.807) is 0 Å². The lowest BCUT2D eigenvalue weighted by atomic mass is 10.1. The van der Waals surface area contributed by atoms with Gasteiger partial charge in [-0.1, -0.05) is 13.0 Å². The molecular weight excluding hydrogens is 267 g/mol. The molecule has 4 nitrogen and oxygen atoms in total. The van der Waals surface area contributed by atoms with Crippen LogP contribution < -0.4 is 10.5 Å². The van der Waals surface area contributed by atoms with Crippen LogP contribution in [0.1, 0.15) is 31.7 Å². The number of rotatable bonds is 4. The van der Waals surface area contributed by atoms with E-state index in [-0.39, 0.29) is 23.0 Å². The van der Waals surface area contributed by atoms with Crippen LogP contribution in [-0.2, 0) is 16.6 Å². The zero-order valence-electron chi connectivity index (χ0n) is 10.9. The Morgan fingerprint density at radius 2 is 2.16 bits per heavy atom. The third-order valence-corrected chi connectivity index (χ3v) is 5.19. The van der Waals surface area contributed by atoms with Crippen molar-refractivity contribution in [3.8, 4) is 0 Å². The third-order valence-electron chi connectivity index (χ3n) is 3.59. The minimum atomic E-state index is -3.70. The van der Waals surface area contributed by atoms with E-state index in [0.29, 0.717) is 5.92 Å². The zero-order valence-corrected chi connectivity index (χ0v) is 11.7. The molecule has 0 bridgehead atoms. The van der Waals surface area contributed by atoms with Gasteiger partial charge in [-0.2, -0.15) is 0 Å². The zero-order chi connectivity index (χ0) is 14.0. The van der Waals surface area contributed by atoms with Gasteiger partial charge in [-0.05, 0) is 37.3 Å². The standard InChI is InChI=1S/C13H19FN2O2S/c1-9-5-6-10(7-9)16-19(17,18)13-4-2-3-12(14)11(13)8-15/h2-4,9-10,16H,5-8,15H2,1H3. The van der Waals surface area contributed by atoms with Gasteiger partial charge in [-0.15, -0.1) is 0 Å². The van der Waals surface area contributed by atoms with Crippen LogP contribution in [-0.4, -0.2) is 14.5 Å². The Morgan fingerprint density at radius 3 is 2.74 bits per heavy atom. The van der Waals surface area contributed by atoms with Crippen LogP contribution in [0.15, 0.2) is 23.1 Å². The van der Waals surface area contributed by atoms with E-state index in [1.165, 1.54) is 18.2 Å². The lowest BCUT2D eigenvalue weighted by Crippen LogP contribution is -2.33. The highest BCUT2D eigenvalue weighted by molar-refractivity contribution is 7.89. The van der Waals surface area contributed by atoms with Crippen LogP contribution in [0.2, 0.25) is 0 Å². The summed E-state index contributed by atoms with van der Waals surface area (Å²) in [4.78, 5) is -0.0467. The van der Waals surface area contributed by atoms with Gasteiger partial charge in [0.2, 0.25) is 10.0 Å². The molecule has 0 amide bonds. The molecule has 1 aliphatic carbocycles. The van der Waals surface area contributed by atoms with Crippen molar-refractivity contribution in [3.63, 3.8) is 0 Å². The molecule has 0 saturated heterocycles. The fraction of sp³-hybridized carbons (Fsp3) is 0.538. The Hall–Kier alpha value is -0.980. The molecule has 2 unspecified atom stereocenters. The monoisotopic (exact) mass is 286 g/mol. The Labute approximate surface area is 113 Å². The van der Waals surface area contributed by atoms with Gasteiger partial charge in [0, 0.05) is 18.2 Å². The summed E-state index contributed by atoms with van der Waals surface area (Å²) >= 11 is 0. The maximum Gasteiger partial charge on any atom is 0.241 e. The summed E-state index contributed by atoms with van der Waals surface area (Å²) in [6, 6.07) is 3.94. The van der Waals surface area contributed by atoms with Crippen LogP contribution >= 0.6 is 0 Å². The highest BCUT2D eigenvalue weighted by Gasteiger charge is 2.28. The van der Waals surface area contributed by atoms with Crippen LogP contribution in [0, 0.1) is 11.7 Å². The molecule has 3 N–H and O–H groups in total. The highest BCUT2D eigenvalue weighted by Crippen LogP contribution is 2.27. The number of hydrogen-bond donors (Lipinski definition) is 2. The Kier molecular flexibility index (Phi) is 4.23. The van der Waals surface area contributed by atoms with Crippen molar-refractivity contribution in [2.24, 2.45) is 11.7 Å².